The third-order valence-corrected chi connectivity index (χ3v) is 3.91. The predicted octanol–water partition coefficient (Wildman–Crippen LogP) is 3.05. The second kappa shape index (κ2) is 8.86. The summed E-state index contributed by atoms with van der Waals surface area (Å²) in [6, 6.07) is 6.74. The van der Waals surface area contributed by atoms with E-state index in [2.05, 4.69) is 0 Å². The van der Waals surface area contributed by atoms with E-state index >= 15 is 0 Å². The first-order valence-electron chi connectivity index (χ1n) is 7.10. The number of nitrogens with two attached hydrogens (primary N) is 1. The average Bonchev–Trinajstić information content (AvgIpc) is 2.48. The molecule has 0 amide bonds. The topological polar surface area (TPSA) is 79.4 Å². The quantitative estimate of drug-likeness (QED) is 0.380. The Kier molecular flexibility index (Phi) is 7.48. The molecule has 1 aromatic carbocycles. The van der Waals surface area contributed by atoms with Gasteiger partial charge in [0.25, 0.3) is 0 Å². The van der Waals surface area contributed by atoms with Crippen LogP contribution >= 0.6 is 24.0 Å². The monoisotopic (exact) mass is 345 g/mol. The number of carbonyl (C=O) groups is 1. The van der Waals surface area contributed by atoms with Crippen LogP contribution in [0.1, 0.15) is 25.7 Å². The van der Waals surface area contributed by atoms with E-state index in [9.17, 15) is 4.79 Å². The molecule has 1 aliphatic rings. The van der Waals surface area contributed by atoms with Crippen LogP contribution < -0.4 is 10.5 Å². The maximum Gasteiger partial charge on any atom is 0.311 e. The number of likely N-dealkylation sites (tertiary alicyclic amines) is 1. The lowest BCUT2D eigenvalue weighted by Gasteiger charge is -2.32. The molecule has 3 N–H and O–H groups in total. The molecule has 0 spiro atoms. The van der Waals surface area contributed by atoms with Gasteiger partial charge in [-0.15, -0.1) is 12.4 Å². The normalized spacial score (nSPS) is 17.5. The van der Waals surface area contributed by atoms with Crippen LogP contribution in [0.5, 0.6) is 5.75 Å². The Morgan fingerprint density at radius 1 is 1.41 bits per heavy atom. The number of nitrogens with one attached hydrogen (secondary N) is 1. The number of nitrogens with zero attached hydrogens (tertiary/aromatic N) is 1. The Labute approximate surface area is 141 Å². The van der Waals surface area contributed by atoms with E-state index < -0.39 is 0 Å². The number of guanidine groups is 1. The van der Waals surface area contributed by atoms with Crippen LogP contribution in [0, 0.1) is 11.3 Å². The fourth-order valence-electron chi connectivity index (χ4n) is 2.53. The van der Waals surface area contributed by atoms with Gasteiger partial charge in [-0.1, -0.05) is 11.6 Å². The van der Waals surface area contributed by atoms with Crippen molar-refractivity contribution in [2.75, 3.05) is 13.1 Å². The van der Waals surface area contributed by atoms with Gasteiger partial charge in [0, 0.05) is 24.5 Å². The van der Waals surface area contributed by atoms with Crippen LogP contribution in [0.2, 0.25) is 5.02 Å². The molecule has 1 aliphatic heterocycles. The summed E-state index contributed by atoms with van der Waals surface area (Å²) in [4.78, 5) is 13.7. The number of hydrogen-bond acceptors (Lipinski definition) is 3. The van der Waals surface area contributed by atoms with Gasteiger partial charge in [-0.25, -0.2) is 0 Å². The number of carbonyl (C=O) groups excluding carboxylic acids is 1. The lowest BCUT2D eigenvalue weighted by atomic mass is 9.93. The minimum atomic E-state index is -0.239. The average molecular weight is 346 g/mol. The van der Waals surface area contributed by atoms with Gasteiger partial charge in [0.2, 0.25) is 0 Å². The molecule has 0 aromatic heterocycles. The second-order valence-corrected chi connectivity index (χ2v) is 5.74. The van der Waals surface area contributed by atoms with Crippen LogP contribution in [0.3, 0.4) is 0 Å². The summed E-state index contributed by atoms with van der Waals surface area (Å²) in [6.45, 7) is 1.59. The molecule has 5 nitrogen and oxygen atoms in total. The zero-order chi connectivity index (χ0) is 15.2. The highest BCUT2D eigenvalue weighted by Crippen LogP contribution is 2.22. The minimum absolute atomic E-state index is 0. The van der Waals surface area contributed by atoms with Gasteiger partial charge in [0.1, 0.15) is 5.75 Å². The first-order valence-corrected chi connectivity index (χ1v) is 7.47. The maximum atomic E-state index is 11.8. The van der Waals surface area contributed by atoms with E-state index in [-0.39, 0.29) is 24.3 Å². The van der Waals surface area contributed by atoms with Crippen molar-refractivity contribution in [3.05, 3.63) is 29.3 Å². The first kappa shape index (κ1) is 18.6. The largest absolute Gasteiger partial charge is 0.427 e. The van der Waals surface area contributed by atoms with Crippen molar-refractivity contribution in [3.8, 4) is 5.75 Å². The highest BCUT2D eigenvalue weighted by molar-refractivity contribution is 6.30. The number of benzene rings is 1. The van der Waals surface area contributed by atoms with Crippen molar-refractivity contribution in [1.29, 1.82) is 5.41 Å². The zero-order valence-corrected chi connectivity index (χ0v) is 13.8. The fourth-order valence-corrected chi connectivity index (χ4v) is 2.65. The molecule has 22 heavy (non-hydrogen) atoms. The lowest BCUT2D eigenvalue weighted by molar-refractivity contribution is -0.134. The molecular formula is C15H21Cl2N3O2. The number of hydrogen-bond donors (Lipinski definition) is 2. The van der Waals surface area contributed by atoms with Gasteiger partial charge < -0.3 is 15.4 Å². The minimum Gasteiger partial charge on any atom is -0.427 e. The smallest absolute Gasteiger partial charge is 0.311 e. The lowest BCUT2D eigenvalue weighted by Crippen LogP contribution is -2.43. The Bertz CT molecular complexity index is 508. The Morgan fingerprint density at radius 2 is 2.09 bits per heavy atom. The van der Waals surface area contributed by atoms with Crippen LogP contribution in [0.4, 0.5) is 0 Å². The summed E-state index contributed by atoms with van der Waals surface area (Å²) in [6.07, 6.45) is 3.21. The van der Waals surface area contributed by atoms with Gasteiger partial charge in [-0.05, 0) is 49.4 Å². The van der Waals surface area contributed by atoms with Crippen molar-refractivity contribution in [1.82, 2.24) is 4.90 Å². The summed E-state index contributed by atoms with van der Waals surface area (Å²) in [5.74, 6) is 0.777. The fraction of sp³-hybridized carbons (Fsp3) is 0.467. The number of piperidine rings is 1. The van der Waals surface area contributed by atoms with Crippen molar-refractivity contribution in [2.24, 2.45) is 11.7 Å². The molecule has 1 aromatic rings. The predicted molar refractivity (Wildman–Crippen MR) is 89.8 cm³/mol. The molecule has 1 atom stereocenters. The second-order valence-electron chi connectivity index (χ2n) is 5.31. The summed E-state index contributed by atoms with van der Waals surface area (Å²) >= 11 is 5.78. The van der Waals surface area contributed by atoms with Crippen LogP contribution in [-0.2, 0) is 4.79 Å². The van der Waals surface area contributed by atoms with Gasteiger partial charge in [0.15, 0.2) is 5.96 Å². The molecule has 7 heteroatoms. The van der Waals surface area contributed by atoms with Crippen LogP contribution in [0.25, 0.3) is 0 Å². The van der Waals surface area contributed by atoms with E-state index in [0.29, 0.717) is 23.1 Å². The van der Waals surface area contributed by atoms with E-state index in [1.807, 2.05) is 4.90 Å². The highest BCUT2D eigenvalue weighted by Gasteiger charge is 2.21. The molecule has 0 saturated carbocycles. The molecule has 1 saturated heterocycles. The van der Waals surface area contributed by atoms with E-state index in [1.54, 1.807) is 24.3 Å². The third-order valence-electron chi connectivity index (χ3n) is 3.66. The zero-order valence-electron chi connectivity index (χ0n) is 12.3. The summed E-state index contributed by atoms with van der Waals surface area (Å²) in [5.41, 5.74) is 5.51. The van der Waals surface area contributed by atoms with Gasteiger partial charge >= 0.3 is 5.97 Å². The van der Waals surface area contributed by atoms with E-state index in [1.165, 1.54) is 0 Å². The highest BCUT2D eigenvalue weighted by atomic mass is 35.5. The van der Waals surface area contributed by atoms with E-state index in [4.69, 9.17) is 27.5 Å². The van der Waals surface area contributed by atoms with Crippen LogP contribution in [0.15, 0.2) is 24.3 Å². The molecular weight excluding hydrogens is 325 g/mol. The van der Waals surface area contributed by atoms with Gasteiger partial charge in [-0.3, -0.25) is 10.2 Å². The Morgan fingerprint density at radius 3 is 2.73 bits per heavy atom. The molecule has 122 valence electrons. The number of halogens is 2. The third kappa shape index (κ3) is 5.73. The summed E-state index contributed by atoms with van der Waals surface area (Å²) < 4.78 is 5.26. The summed E-state index contributed by atoms with van der Waals surface area (Å²) in [7, 11) is 0. The summed E-state index contributed by atoms with van der Waals surface area (Å²) in [5, 5.41) is 8.07. The van der Waals surface area contributed by atoms with Gasteiger partial charge in [0.05, 0.1) is 0 Å². The molecule has 0 bridgehead atoms. The SMILES string of the molecule is Cl.N=C(N)N1CCCC(CCC(=O)Oc2ccc(Cl)cc2)C1. The molecule has 0 aliphatic carbocycles. The standard InChI is InChI=1S/C15H20ClN3O2.ClH/c16-12-4-6-13(7-5-12)21-14(20)8-3-11-2-1-9-19(10-11)15(17)18;/h4-7,11H,1-3,8-10H2,(H3,17,18);1H. The first-order chi connectivity index (χ1) is 10.0. The van der Waals surface area contributed by atoms with Crippen LogP contribution in [-0.4, -0.2) is 29.9 Å². The maximum absolute atomic E-state index is 11.8. The number of ether oxygens (including phenoxy) is 1. The van der Waals surface area contributed by atoms with E-state index in [0.717, 1.165) is 32.4 Å². The van der Waals surface area contributed by atoms with Gasteiger partial charge in [-0.2, -0.15) is 0 Å². The molecule has 2 rings (SSSR count). The van der Waals surface area contributed by atoms with Crippen molar-refractivity contribution in [3.63, 3.8) is 0 Å². The Balaban J connectivity index is 0.00000242. The molecule has 1 unspecified atom stereocenters. The molecule has 0 radical (unpaired) electrons. The molecule has 1 fully saturated rings. The number of rotatable bonds is 4. The number of esters is 1. The van der Waals surface area contributed by atoms with Crippen molar-refractivity contribution < 1.29 is 9.53 Å². The van der Waals surface area contributed by atoms with Crippen molar-refractivity contribution >= 4 is 35.9 Å². The Hall–Kier alpha value is -1.46. The molecule has 1 heterocycles. The van der Waals surface area contributed by atoms with Crippen molar-refractivity contribution in [2.45, 2.75) is 25.7 Å².